The van der Waals surface area contributed by atoms with Gasteiger partial charge in [0.25, 0.3) is 0 Å². The minimum Gasteiger partial charge on any atom is -0.301 e. The lowest BCUT2D eigenvalue weighted by Gasteiger charge is -2.18. The van der Waals surface area contributed by atoms with E-state index >= 15 is 0 Å². The first-order chi connectivity index (χ1) is 6.80. The van der Waals surface area contributed by atoms with Gasteiger partial charge in [-0.1, -0.05) is 6.07 Å². The highest BCUT2D eigenvalue weighted by atomic mass is 15.2. The van der Waals surface area contributed by atoms with Crippen molar-refractivity contribution in [1.29, 1.82) is 0 Å². The van der Waals surface area contributed by atoms with Crippen LogP contribution in [0, 0.1) is 0 Å². The monoisotopic (exact) mass is 192 g/mol. The Morgan fingerprint density at radius 3 is 1.79 bits per heavy atom. The van der Waals surface area contributed by atoms with Gasteiger partial charge in [-0.2, -0.15) is 0 Å². The molecule has 14 heavy (non-hydrogen) atoms. The highest BCUT2D eigenvalue weighted by Crippen LogP contribution is 2.09. The predicted molar refractivity (Wildman–Crippen MR) is 60.2 cm³/mol. The second-order valence-corrected chi connectivity index (χ2v) is 3.86. The molecule has 1 aromatic rings. The molecular weight excluding hydrogens is 172 g/mol. The maximum atomic E-state index is 3.78. The van der Waals surface area contributed by atoms with Crippen molar-refractivity contribution in [2.45, 2.75) is 32.7 Å². The van der Waals surface area contributed by atoms with E-state index < -0.39 is 0 Å². The first kappa shape index (κ1) is 11.2. The molecule has 1 aliphatic rings. The topological polar surface area (TPSA) is 16.1 Å². The van der Waals surface area contributed by atoms with Crippen molar-refractivity contribution in [3.05, 3.63) is 30.6 Å². The molecule has 0 aliphatic carbocycles. The number of hydrogen-bond acceptors (Lipinski definition) is 2. The van der Waals surface area contributed by atoms with Crippen molar-refractivity contribution in [3.8, 4) is 0 Å². The van der Waals surface area contributed by atoms with Gasteiger partial charge >= 0.3 is 0 Å². The molecule has 0 radical (unpaired) electrons. The zero-order chi connectivity index (χ0) is 10.2. The van der Waals surface area contributed by atoms with Crippen molar-refractivity contribution < 1.29 is 0 Å². The van der Waals surface area contributed by atoms with E-state index in [4.69, 9.17) is 0 Å². The van der Waals surface area contributed by atoms with Gasteiger partial charge < -0.3 is 4.90 Å². The van der Waals surface area contributed by atoms with Crippen LogP contribution in [-0.4, -0.2) is 29.0 Å². The summed E-state index contributed by atoms with van der Waals surface area (Å²) in [5.74, 6) is 0. The van der Waals surface area contributed by atoms with Crippen LogP contribution >= 0.6 is 0 Å². The van der Waals surface area contributed by atoms with E-state index in [1.165, 1.54) is 25.9 Å². The summed E-state index contributed by atoms with van der Waals surface area (Å²) in [7, 11) is 0. The Balaban J connectivity index is 0.000000146. The largest absolute Gasteiger partial charge is 0.301 e. The minimum absolute atomic E-state index is 0.775. The van der Waals surface area contributed by atoms with Crippen LogP contribution in [0.3, 0.4) is 0 Å². The average molecular weight is 192 g/mol. The lowest BCUT2D eigenvalue weighted by Crippen LogP contribution is -2.26. The Morgan fingerprint density at radius 1 is 1.00 bits per heavy atom. The van der Waals surface area contributed by atoms with E-state index in [1.807, 2.05) is 18.2 Å². The van der Waals surface area contributed by atoms with E-state index in [1.54, 1.807) is 12.4 Å². The molecule has 0 unspecified atom stereocenters. The fraction of sp³-hybridized carbons (Fsp3) is 0.583. The summed E-state index contributed by atoms with van der Waals surface area (Å²) < 4.78 is 0. The third-order valence-electron chi connectivity index (χ3n) is 2.44. The van der Waals surface area contributed by atoms with Gasteiger partial charge in [0, 0.05) is 18.4 Å². The summed E-state index contributed by atoms with van der Waals surface area (Å²) in [5, 5.41) is 0. The molecule has 1 aliphatic heterocycles. The molecule has 0 amide bonds. The fourth-order valence-corrected chi connectivity index (χ4v) is 1.57. The van der Waals surface area contributed by atoms with E-state index in [0.717, 1.165) is 6.04 Å². The Bertz CT molecular complexity index is 188. The summed E-state index contributed by atoms with van der Waals surface area (Å²) in [5.41, 5.74) is 0. The van der Waals surface area contributed by atoms with Crippen LogP contribution in [0.25, 0.3) is 0 Å². The summed E-state index contributed by atoms with van der Waals surface area (Å²) >= 11 is 0. The Kier molecular flexibility index (Phi) is 5.23. The lowest BCUT2D eigenvalue weighted by atomic mass is 10.3. The molecule has 2 heterocycles. The number of likely N-dealkylation sites (tertiary alicyclic amines) is 1. The minimum atomic E-state index is 0.775. The molecule has 0 aromatic carbocycles. The summed E-state index contributed by atoms with van der Waals surface area (Å²) in [6.45, 7) is 7.20. The molecule has 2 rings (SSSR count). The van der Waals surface area contributed by atoms with Gasteiger partial charge in [-0.05, 0) is 51.9 Å². The van der Waals surface area contributed by atoms with Gasteiger partial charge in [-0.25, -0.2) is 0 Å². The highest BCUT2D eigenvalue weighted by Gasteiger charge is 2.13. The molecule has 2 nitrogen and oxygen atoms in total. The van der Waals surface area contributed by atoms with Gasteiger partial charge in [0.1, 0.15) is 0 Å². The standard InChI is InChI=1S/C7H15N.C5H5N/c1-7(2)8-5-3-4-6-8;1-2-4-6-5-3-1/h7H,3-6H2,1-2H3;1-5H. The number of aromatic nitrogens is 1. The van der Waals surface area contributed by atoms with Crippen molar-refractivity contribution >= 4 is 0 Å². The molecular formula is C12H20N2. The SMILES string of the molecule is CC(C)N1CCCC1.c1ccncc1. The molecule has 78 valence electrons. The summed E-state index contributed by atoms with van der Waals surface area (Å²) in [6, 6.07) is 6.49. The fourth-order valence-electron chi connectivity index (χ4n) is 1.57. The molecule has 0 atom stereocenters. The zero-order valence-corrected chi connectivity index (χ0v) is 9.19. The quantitative estimate of drug-likeness (QED) is 0.680. The van der Waals surface area contributed by atoms with Gasteiger partial charge in [0.15, 0.2) is 0 Å². The molecule has 1 aromatic heterocycles. The van der Waals surface area contributed by atoms with E-state index in [2.05, 4.69) is 23.7 Å². The summed E-state index contributed by atoms with van der Waals surface area (Å²) in [4.78, 5) is 6.31. The van der Waals surface area contributed by atoms with Crippen molar-refractivity contribution in [2.24, 2.45) is 0 Å². The zero-order valence-electron chi connectivity index (χ0n) is 9.19. The third-order valence-corrected chi connectivity index (χ3v) is 2.44. The van der Waals surface area contributed by atoms with E-state index in [-0.39, 0.29) is 0 Å². The van der Waals surface area contributed by atoms with Crippen LogP contribution < -0.4 is 0 Å². The first-order valence-corrected chi connectivity index (χ1v) is 5.40. The van der Waals surface area contributed by atoms with Crippen LogP contribution in [0.5, 0.6) is 0 Å². The maximum absolute atomic E-state index is 3.78. The first-order valence-electron chi connectivity index (χ1n) is 5.40. The van der Waals surface area contributed by atoms with Crippen LogP contribution in [0.1, 0.15) is 26.7 Å². The van der Waals surface area contributed by atoms with Gasteiger partial charge in [-0.3, -0.25) is 4.98 Å². The lowest BCUT2D eigenvalue weighted by molar-refractivity contribution is 0.276. The molecule has 0 bridgehead atoms. The van der Waals surface area contributed by atoms with Crippen LogP contribution in [0.15, 0.2) is 30.6 Å². The number of nitrogens with zero attached hydrogens (tertiary/aromatic N) is 2. The third kappa shape index (κ3) is 4.38. The molecule has 0 N–H and O–H groups in total. The second kappa shape index (κ2) is 6.55. The Labute approximate surface area is 87.0 Å². The molecule has 2 heteroatoms. The van der Waals surface area contributed by atoms with E-state index in [9.17, 15) is 0 Å². The molecule has 0 saturated carbocycles. The van der Waals surface area contributed by atoms with Gasteiger partial charge in [-0.15, -0.1) is 0 Å². The van der Waals surface area contributed by atoms with Crippen LogP contribution in [-0.2, 0) is 0 Å². The number of pyridine rings is 1. The van der Waals surface area contributed by atoms with Gasteiger partial charge in [0.2, 0.25) is 0 Å². The average Bonchev–Trinajstić information content (AvgIpc) is 2.74. The highest BCUT2D eigenvalue weighted by molar-refractivity contribution is 4.88. The smallest absolute Gasteiger partial charge is 0.0267 e. The molecule has 0 spiro atoms. The Hall–Kier alpha value is -0.890. The maximum Gasteiger partial charge on any atom is 0.0267 e. The van der Waals surface area contributed by atoms with Crippen molar-refractivity contribution in [2.75, 3.05) is 13.1 Å². The molecule has 1 fully saturated rings. The van der Waals surface area contributed by atoms with Crippen molar-refractivity contribution in [3.63, 3.8) is 0 Å². The molecule has 1 saturated heterocycles. The van der Waals surface area contributed by atoms with Crippen LogP contribution in [0.4, 0.5) is 0 Å². The van der Waals surface area contributed by atoms with Crippen LogP contribution in [0.2, 0.25) is 0 Å². The van der Waals surface area contributed by atoms with Crippen molar-refractivity contribution in [1.82, 2.24) is 9.88 Å². The van der Waals surface area contributed by atoms with E-state index in [0.29, 0.717) is 0 Å². The Morgan fingerprint density at radius 2 is 1.57 bits per heavy atom. The second-order valence-electron chi connectivity index (χ2n) is 3.86. The number of hydrogen-bond donors (Lipinski definition) is 0. The number of rotatable bonds is 1. The normalized spacial score (nSPS) is 16.5. The van der Waals surface area contributed by atoms with Gasteiger partial charge in [0.05, 0.1) is 0 Å². The predicted octanol–water partition coefficient (Wildman–Crippen LogP) is 2.57. The summed E-state index contributed by atoms with van der Waals surface area (Å²) in [6.07, 6.45) is 6.33.